The van der Waals surface area contributed by atoms with Gasteiger partial charge in [-0.3, -0.25) is 4.79 Å². The standard InChI is InChI=1S/C8H15ClOS3/c1-2-11-3-4-12-5-6-13-7-8(9)10/h2-7H2,1H3. The van der Waals surface area contributed by atoms with E-state index in [2.05, 4.69) is 6.92 Å². The Bertz CT molecular complexity index is 133. The molecule has 0 aromatic heterocycles. The molecule has 0 aliphatic rings. The van der Waals surface area contributed by atoms with E-state index < -0.39 is 0 Å². The molecule has 1 nitrogen and oxygen atoms in total. The molecular formula is C8H15ClOS3. The van der Waals surface area contributed by atoms with Gasteiger partial charge < -0.3 is 0 Å². The van der Waals surface area contributed by atoms with Crippen LogP contribution in [-0.4, -0.2) is 39.8 Å². The molecule has 0 aliphatic carbocycles. The van der Waals surface area contributed by atoms with Gasteiger partial charge in [-0.05, 0) is 17.4 Å². The molecule has 0 aromatic carbocycles. The van der Waals surface area contributed by atoms with E-state index in [-0.39, 0.29) is 5.24 Å². The molecule has 0 spiro atoms. The van der Waals surface area contributed by atoms with E-state index >= 15 is 0 Å². The topological polar surface area (TPSA) is 17.1 Å². The molecular weight excluding hydrogens is 244 g/mol. The van der Waals surface area contributed by atoms with Crippen molar-refractivity contribution in [2.45, 2.75) is 6.92 Å². The summed E-state index contributed by atoms with van der Waals surface area (Å²) in [6.45, 7) is 2.18. The fraction of sp³-hybridized carbons (Fsp3) is 0.875. The van der Waals surface area contributed by atoms with Crippen LogP contribution in [0.5, 0.6) is 0 Å². The lowest BCUT2D eigenvalue weighted by atomic mass is 10.9. The Labute approximate surface area is 98.1 Å². The Morgan fingerprint density at radius 2 is 1.62 bits per heavy atom. The number of hydrogen-bond donors (Lipinski definition) is 0. The van der Waals surface area contributed by atoms with Crippen LogP contribution in [-0.2, 0) is 4.79 Å². The molecule has 0 aliphatic heterocycles. The molecule has 0 fully saturated rings. The van der Waals surface area contributed by atoms with Gasteiger partial charge >= 0.3 is 0 Å². The monoisotopic (exact) mass is 258 g/mol. The maximum atomic E-state index is 10.4. The first-order chi connectivity index (χ1) is 6.27. The number of carbonyl (C=O) groups is 1. The number of thioether (sulfide) groups is 3. The van der Waals surface area contributed by atoms with E-state index in [1.807, 2.05) is 23.5 Å². The molecule has 0 rings (SSSR count). The molecule has 0 saturated heterocycles. The fourth-order valence-corrected chi connectivity index (χ4v) is 3.55. The first kappa shape index (κ1) is 14.0. The highest BCUT2D eigenvalue weighted by atomic mass is 35.5. The molecule has 0 atom stereocenters. The Morgan fingerprint density at radius 3 is 2.15 bits per heavy atom. The van der Waals surface area contributed by atoms with Gasteiger partial charge in [0.2, 0.25) is 5.24 Å². The third kappa shape index (κ3) is 13.0. The Balaban J connectivity index is 2.87. The molecule has 0 N–H and O–H groups in total. The quantitative estimate of drug-likeness (QED) is 0.467. The molecule has 5 heteroatoms. The Hall–Kier alpha value is 1.01. The maximum absolute atomic E-state index is 10.4. The molecule has 13 heavy (non-hydrogen) atoms. The molecule has 0 heterocycles. The minimum absolute atomic E-state index is 0.239. The zero-order valence-electron chi connectivity index (χ0n) is 7.75. The second-order valence-corrected chi connectivity index (χ2v) is 6.36. The van der Waals surface area contributed by atoms with Crippen molar-refractivity contribution in [1.29, 1.82) is 0 Å². The summed E-state index contributed by atoms with van der Waals surface area (Å²) in [4.78, 5) is 10.4. The smallest absolute Gasteiger partial charge is 0.231 e. The number of carbonyl (C=O) groups excluding carboxylic acids is 1. The summed E-state index contributed by atoms with van der Waals surface area (Å²) in [6, 6.07) is 0. The van der Waals surface area contributed by atoms with Crippen LogP contribution >= 0.6 is 46.9 Å². The second-order valence-electron chi connectivity index (χ2n) is 2.22. The number of halogens is 1. The summed E-state index contributed by atoms with van der Waals surface area (Å²) in [5.41, 5.74) is 0. The van der Waals surface area contributed by atoms with Crippen LogP contribution in [0.2, 0.25) is 0 Å². The van der Waals surface area contributed by atoms with Gasteiger partial charge in [-0.15, -0.1) is 0 Å². The summed E-state index contributed by atoms with van der Waals surface area (Å²) >= 11 is 10.7. The highest BCUT2D eigenvalue weighted by molar-refractivity contribution is 8.04. The van der Waals surface area contributed by atoms with Crippen molar-refractivity contribution in [2.75, 3.05) is 34.5 Å². The number of hydrogen-bond acceptors (Lipinski definition) is 4. The minimum atomic E-state index is -0.239. The van der Waals surface area contributed by atoms with Crippen LogP contribution < -0.4 is 0 Å². The highest BCUT2D eigenvalue weighted by Crippen LogP contribution is 2.10. The van der Waals surface area contributed by atoms with Crippen molar-refractivity contribution in [3.63, 3.8) is 0 Å². The summed E-state index contributed by atoms with van der Waals surface area (Å²) in [6.07, 6.45) is 0. The molecule has 0 saturated carbocycles. The van der Waals surface area contributed by atoms with Crippen molar-refractivity contribution < 1.29 is 4.79 Å². The lowest BCUT2D eigenvalue weighted by Gasteiger charge is -1.99. The van der Waals surface area contributed by atoms with Crippen molar-refractivity contribution in [3.8, 4) is 0 Å². The Morgan fingerprint density at radius 1 is 1.08 bits per heavy atom. The first-order valence-electron chi connectivity index (χ1n) is 4.19. The second kappa shape index (κ2) is 11.1. The first-order valence-corrected chi connectivity index (χ1v) is 8.03. The van der Waals surface area contributed by atoms with Crippen LogP contribution in [0.3, 0.4) is 0 Å². The molecule has 0 radical (unpaired) electrons. The zero-order valence-corrected chi connectivity index (χ0v) is 11.0. The SMILES string of the molecule is CCSCCSCCSCC(=O)Cl. The lowest BCUT2D eigenvalue weighted by Crippen LogP contribution is -1.94. The summed E-state index contributed by atoms with van der Waals surface area (Å²) in [5.74, 6) is 6.26. The van der Waals surface area contributed by atoms with E-state index in [4.69, 9.17) is 11.6 Å². The predicted molar refractivity (Wildman–Crippen MR) is 68.5 cm³/mol. The number of rotatable bonds is 9. The van der Waals surface area contributed by atoms with E-state index in [1.54, 1.807) is 11.8 Å². The van der Waals surface area contributed by atoms with E-state index in [1.165, 1.54) is 17.3 Å². The van der Waals surface area contributed by atoms with Crippen LogP contribution in [0.15, 0.2) is 0 Å². The van der Waals surface area contributed by atoms with Crippen molar-refractivity contribution >= 4 is 52.1 Å². The lowest BCUT2D eigenvalue weighted by molar-refractivity contribution is -0.109. The summed E-state index contributed by atoms with van der Waals surface area (Å²) < 4.78 is 0. The molecule has 0 aromatic rings. The fourth-order valence-electron chi connectivity index (χ4n) is 0.635. The summed E-state index contributed by atoms with van der Waals surface area (Å²) in [7, 11) is 0. The van der Waals surface area contributed by atoms with Gasteiger partial charge in [-0.2, -0.15) is 35.3 Å². The van der Waals surface area contributed by atoms with Gasteiger partial charge in [0, 0.05) is 23.0 Å². The minimum Gasteiger partial charge on any atom is -0.280 e. The van der Waals surface area contributed by atoms with Gasteiger partial charge in [-0.25, -0.2) is 0 Å². The molecule has 78 valence electrons. The normalized spacial score (nSPS) is 10.3. The van der Waals surface area contributed by atoms with Crippen LogP contribution in [0.1, 0.15) is 6.92 Å². The van der Waals surface area contributed by atoms with Gasteiger partial charge in [0.05, 0.1) is 5.75 Å². The van der Waals surface area contributed by atoms with Gasteiger partial charge in [0.15, 0.2) is 0 Å². The highest BCUT2D eigenvalue weighted by Gasteiger charge is 1.95. The largest absolute Gasteiger partial charge is 0.280 e. The molecule has 0 amide bonds. The molecule has 0 unspecified atom stereocenters. The van der Waals surface area contributed by atoms with Crippen LogP contribution in [0.25, 0.3) is 0 Å². The van der Waals surface area contributed by atoms with Gasteiger partial charge in [-0.1, -0.05) is 6.92 Å². The average Bonchev–Trinajstić information content (AvgIpc) is 2.09. The van der Waals surface area contributed by atoms with Gasteiger partial charge in [0.1, 0.15) is 0 Å². The maximum Gasteiger partial charge on any atom is 0.231 e. The average molecular weight is 259 g/mol. The van der Waals surface area contributed by atoms with Crippen LogP contribution in [0.4, 0.5) is 0 Å². The van der Waals surface area contributed by atoms with E-state index in [0.29, 0.717) is 5.75 Å². The Kier molecular flexibility index (Phi) is 11.9. The van der Waals surface area contributed by atoms with Crippen molar-refractivity contribution in [2.24, 2.45) is 0 Å². The van der Waals surface area contributed by atoms with Crippen molar-refractivity contribution in [1.82, 2.24) is 0 Å². The molecule has 0 bridgehead atoms. The van der Waals surface area contributed by atoms with E-state index in [0.717, 1.165) is 11.5 Å². The van der Waals surface area contributed by atoms with E-state index in [9.17, 15) is 4.79 Å². The zero-order chi connectivity index (χ0) is 9.94. The van der Waals surface area contributed by atoms with Gasteiger partial charge in [0.25, 0.3) is 0 Å². The van der Waals surface area contributed by atoms with Crippen LogP contribution in [0, 0.1) is 0 Å². The third-order valence-electron chi connectivity index (χ3n) is 1.16. The summed E-state index contributed by atoms with van der Waals surface area (Å²) in [5, 5.41) is -0.239. The predicted octanol–water partition coefficient (Wildman–Crippen LogP) is 2.97. The van der Waals surface area contributed by atoms with Crippen molar-refractivity contribution in [3.05, 3.63) is 0 Å². The third-order valence-corrected chi connectivity index (χ3v) is 4.82.